The molecule has 1 saturated heterocycles. The Hall–Kier alpha value is -1.38. The van der Waals surface area contributed by atoms with Crippen LogP contribution in [0.2, 0.25) is 5.15 Å². The van der Waals surface area contributed by atoms with Gasteiger partial charge < -0.3 is 10.2 Å². The maximum atomic E-state index is 9.18. The van der Waals surface area contributed by atoms with Crippen molar-refractivity contribution in [3.8, 4) is 6.07 Å². The smallest absolute Gasteiger partial charge is 0.167 e. The molecule has 18 heavy (non-hydrogen) atoms. The molecular formula is C12H16ClN5. The number of nitriles is 1. The summed E-state index contributed by atoms with van der Waals surface area (Å²) >= 11 is 5.87. The molecule has 0 spiro atoms. The van der Waals surface area contributed by atoms with Gasteiger partial charge in [-0.05, 0) is 33.4 Å². The average Bonchev–Trinajstić information content (AvgIpc) is 2.34. The molecule has 1 aromatic rings. The second-order valence-corrected chi connectivity index (χ2v) is 5.05. The number of nitrogens with one attached hydrogen (secondary N) is 1. The molecule has 2 heterocycles. The van der Waals surface area contributed by atoms with Crippen LogP contribution in [-0.2, 0) is 0 Å². The molecule has 0 aromatic carbocycles. The second-order valence-electron chi connectivity index (χ2n) is 4.70. The topological polar surface area (TPSA) is 64.8 Å². The van der Waals surface area contributed by atoms with Crippen LogP contribution in [0.5, 0.6) is 0 Å². The number of likely N-dealkylation sites (N-methyl/N-ethyl adjacent to an activating group) is 1. The first-order valence-electron chi connectivity index (χ1n) is 5.99. The van der Waals surface area contributed by atoms with E-state index < -0.39 is 0 Å². The lowest BCUT2D eigenvalue weighted by molar-refractivity contribution is 0.260. The van der Waals surface area contributed by atoms with E-state index >= 15 is 0 Å². The lowest BCUT2D eigenvalue weighted by Crippen LogP contribution is -2.40. The van der Waals surface area contributed by atoms with Crippen LogP contribution >= 0.6 is 11.6 Å². The highest BCUT2D eigenvalue weighted by atomic mass is 35.5. The monoisotopic (exact) mass is 265 g/mol. The van der Waals surface area contributed by atoms with Gasteiger partial charge in [0.2, 0.25) is 0 Å². The summed E-state index contributed by atoms with van der Waals surface area (Å²) in [4.78, 5) is 2.27. The number of piperidine rings is 1. The Morgan fingerprint density at radius 1 is 1.50 bits per heavy atom. The second kappa shape index (κ2) is 5.51. The van der Waals surface area contributed by atoms with Crippen LogP contribution in [0.15, 0.2) is 0 Å². The third kappa shape index (κ3) is 2.71. The fraction of sp³-hybridized carbons (Fsp3) is 0.583. The van der Waals surface area contributed by atoms with Gasteiger partial charge in [-0.15, -0.1) is 10.2 Å². The first-order valence-corrected chi connectivity index (χ1v) is 6.37. The van der Waals surface area contributed by atoms with E-state index in [1.54, 1.807) is 6.92 Å². The summed E-state index contributed by atoms with van der Waals surface area (Å²) < 4.78 is 0. The molecule has 96 valence electrons. The third-order valence-electron chi connectivity index (χ3n) is 3.24. The SMILES string of the molecule is Cc1c(Cl)nnc(N[C@@H]2CCCN(C)C2)c1C#N. The van der Waals surface area contributed by atoms with Crippen molar-refractivity contribution in [1.82, 2.24) is 15.1 Å². The number of aromatic nitrogens is 2. The highest BCUT2D eigenvalue weighted by Crippen LogP contribution is 2.22. The minimum absolute atomic E-state index is 0.290. The van der Waals surface area contributed by atoms with E-state index in [1.165, 1.54) is 0 Å². The van der Waals surface area contributed by atoms with Crippen molar-refractivity contribution in [2.75, 3.05) is 25.5 Å². The van der Waals surface area contributed by atoms with Gasteiger partial charge in [-0.3, -0.25) is 0 Å². The fourth-order valence-electron chi connectivity index (χ4n) is 2.22. The number of hydrogen-bond donors (Lipinski definition) is 1. The van der Waals surface area contributed by atoms with Crippen molar-refractivity contribution in [3.05, 3.63) is 16.3 Å². The molecular weight excluding hydrogens is 250 g/mol. The molecule has 0 amide bonds. The van der Waals surface area contributed by atoms with Gasteiger partial charge in [-0.25, -0.2) is 0 Å². The molecule has 0 aliphatic carbocycles. The molecule has 1 atom stereocenters. The Morgan fingerprint density at radius 2 is 2.28 bits per heavy atom. The third-order valence-corrected chi connectivity index (χ3v) is 3.60. The molecule has 1 aliphatic heterocycles. The lowest BCUT2D eigenvalue weighted by Gasteiger charge is -2.30. The van der Waals surface area contributed by atoms with E-state index in [1.807, 2.05) is 0 Å². The Balaban J connectivity index is 2.19. The molecule has 0 radical (unpaired) electrons. The van der Waals surface area contributed by atoms with Gasteiger partial charge in [0.15, 0.2) is 11.0 Å². The highest BCUT2D eigenvalue weighted by Gasteiger charge is 2.20. The zero-order chi connectivity index (χ0) is 13.1. The van der Waals surface area contributed by atoms with Crippen molar-refractivity contribution < 1.29 is 0 Å². The zero-order valence-corrected chi connectivity index (χ0v) is 11.3. The van der Waals surface area contributed by atoms with Crippen LogP contribution in [0.25, 0.3) is 0 Å². The maximum Gasteiger partial charge on any atom is 0.167 e. The Morgan fingerprint density at radius 3 is 2.94 bits per heavy atom. The quantitative estimate of drug-likeness (QED) is 0.884. The van der Waals surface area contributed by atoms with E-state index in [0.29, 0.717) is 23.0 Å². The Kier molecular flexibility index (Phi) is 4.00. The summed E-state index contributed by atoms with van der Waals surface area (Å²) in [6.45, 7) is 3.86. The Labute approximate surface area is 112 Å². The lowest BCUT2D eigenvalue weighted by atomic mass is 10.1. The predicted octanol–water partition coefficient (Wildman–Crippen LogP) is 1.82. The van der Waals surface area contributed by atoms with E-state index in [2.05, 4.69) is 33.5 Å². The number of anilines is 1. The first-order chi connectivity index (χ1) is 8.61. The summed E-state index contributed by atoms with van der Waals surface area (Å²) in [5.74, 6) is 0.541. The molecule has 1 aliphatic rings. The molecule has 1 fully saturated rings. The number of nitrogens with zero attached hydrogens (tertiary/aromatic N) is 4. The van der Waals surface area contributed by atoms with Gasteiger partial charge in [0, 0.05) is 18.2 Å². The Bertz CT molecular complexity index is 482. The summed E-state index contributed by atoms with van der Waals surface area (Å²) in [6, 6.07) is 2.45. The van der Waals surface area contributed by atoms with Gasteiger partial charge in [0.05, 0.1) is 0 Å². The van der Waals surface area contributed by atoms with Crippen molar-refractivity contribution in [1.29, 1.82) is 5.26 Å². The molecule has 2 rings (SSSR count). The molecule has 6 heteroatoms. The van der Waals surface area contributed by atoms with E-state index in [0.717, 1.165) is 25.9 Å². The minimum atomic E-state index is 0.290. The van der Waals surface area contributed by atoms with Gasteiger partial charge in [0.1, 0.15) is 11.6 Å². The van der Waals surface area contributed by atoms with Crippen molar-refractivity contribution in [2.24, 2.45) is 0 Å². The number of hydrogen-bond acceptors (Lipinski definition) is 5. The molecule has 0 saturated carbocycles. The van der Waals surface area contributed by atoms with Crippen LogP contribution in [-0.4, -0.2) is 41.3 Å². The maximum absolute atomic E-state index is 9.18. The molecule has 1 N–H and O–H groups in total. The molecule has 0 bridgehead atoms. The summed E-state index contributed by atoms with van der Waals surface area (Å²) in [5.41, 5.74) is 1.17. The van der Waals surface area contributed by atoms with E-state index in [4.69, 9.17) is 11.6 Å². The standard InChI is InChI=1S/C12H16ClN5/c1-8-10(6-14)12(17-16-11(8)13)15-9-4-3-5-18(2)7-9/h9H,3-5,7H2,1-2H3,(H,15,17)/t9-/m1/s1. The molecule has 0 unspecified atom stereocenters. The zero-order valence-electron chi connectivity index (χ0n) is 10.6. The fourth-order valence-corrected chi connectivity index (χ4v) is 2.35. The van der Waals surface area contributed by atoms with E-state index in [-0.39, 0.29) is 5.15 Å². The summed E-state index contributed by atoms with van der Waals surface area (Å²) in [6.07, 6.45) is 2.23. The predicted molar refractivity (Wildman–Crippen MR) is 70.6 cm³/mol. The summed E-state index contributed by atoms with van der Waals surface area (Å²) in [7, 11) is 2.10. The minimum Gasteiger partial charge on any atom is -0.363 e. The van der Waals surface area contributed by atoms with Crippen LogP contribution in [0, 0.1) is 18.3 Å². The molecule has 5 nitrogen and oxygen atoms in total. The van der Waals surface area contributed by atoms with Crippen LogP contribution < -0.4 is 5.32 Å². The highest BCUT2D eigenvalue weighted by molar-refractivity contribution is 6.30. The average molecular weight is 266 g/mol. The van der Waals surface area contributed by atoms with Gasteiger partial charge in [0.25, 0.3) is 0 Å². The van der Waals surface area contributed by atoms with Crippen molar-refractivity contribution >= 4 is 17.4 Å². The van der Waals surface area contributed by atoms with Gasteiger partial charge in [-0.1, -0.05) is 11.6 Å². The van der Waals surface area contributed by atoms with E-state index in [9.17, 15) is 5.26 Å². The number of likely N-dealkylation sites (tertiary alicyclic amines) is 1. The summed E-state index contributed by atoms with van der Waals surface area (Å²) in [5, 5.41) is 20.6. The van der Waals surface area contributed by atoms with Crippen LogP contribution in [0.4, 0.5) is 5.82 Å². The van der Waals surface area contributed by atoms with Crippen molar-refractivity contribution in [2.45, 2.75) is 25.8 Å². The van der Waals surface area contributed by atoms with Crippen molar-refractivity contribution in [3.63, 3.8) is 0 Å². The largest absolute Gasteiger partial charge is 0.363 e. The number of rotatable bonds is 2. The van der Waals surface area contributed by atoms with Crippen LogP contribution in [0.1, 0.15) is 24.0 Å². The molecule has 1 aromatic heterocycles. The normalized spacial score (nSPS) is 20.4. The first kappa shape index (κ1) is 13.1. The van der Waals surface area contributed by atoms with Gasteiger partial charge in [-0.2, -0.15) is 5.26 Å². The number of halogens is 1. The van der Waals surface area contributed by atoms with Gasteiger partial charge >= 0.3 is 0 Å². The van der Waals surface area contributed by atoms with Crippen LogP contribution in [0.3, 0.4) is 0 Å².